The van der Waals surface area contributed by atoms with E-state index in [0.717, 1.165) is 5.82 Å². The van der Waals surface area contributed by atoms with Gasteiger partial charge in [0.25, 0.3) is 0 Å². The zero-order valence-electron chi connectivity index (χ0n) is 14.8. The molecule has 0 saturated heterocycles. The van der Waals surface area contributed by atoms with E-state index in [0.29, 0.717) is 41.7 Å². The van der Waals surface area contributed by atoms with Crippen molar-refractivity contribution >= 4 is 11.6 Å². The average molecular weight is 380 g/mol. The van der Waals surface area contributed by atoms with Gasteiger partial charge in [0.2, 0.25) is 0 Å². The molecule has 1 unspecified atom stereocenters. The molecular weight excluding hydrogens is 361 g/mol. The van der Waals surface area contributed by atoms with Gasteiger partial charge in [-0.15, -0.1) is 13.2 Å². The number of rotatable bonds is 4. The molecule has 2 aliphatic carbocycles. The molecule has 2 N–H and O–H groups in total. The maximum atomic E-state index is 12.6. The summed E-state index contributed by atoms with van der Waals surface area (Å²) in [7, 11) is 0. The van der Waals surface area contributed by atoms with Crippen LogP contribution in [0.3, 0.4) is 0 Å². The molecule has 2 aliphatic rings. The van der Waals surface area contributed by atoms with Crippen molar-refractivity contribution in [1.82, 2.24) is 14.5 Å². The first kappa shape index (κ1) is 17.8. The van der Waals surface area contributed by atoms with Crippen molar-refractivity contribution in [3.63, 3.8) is 0 Å². The number of nitrogens with zero attached hydrogens (tertiary/aromatic N) is 3. The van der Waals surface area contributed by atoms with Gasteiger partial charge in [0, 0.05) is 42.8 Å². The van der Waals surface area contributed by atoms with Gasteiger partial charge in [0.15, 0.2) is 11.6 Å². The molecule has 9 heteroatoms. The monoisotopic (exact) mass is 380 g/mol. The number of carbonyl (C=O) groups excluding carboxylic acids is 1. The fourth-order valence-electron chi connectivity index (χ4n) is 4.01. The lowest BCUT2D eigenvalue weighted by molar-refractivity contribution is -0.274. The smallest absolute Gasteiger partial charge is 0.402 e. The quantitative estimate of drug-likeness (QED) is 0.875. The molecule has 2 saturated carbocycles. The standard InChI is InChI=1S/C18H19F3N4O2/c1-8(2)17-24-13(7-25(17)15-11-4-10(26)5-12(11)15)9-3-14(16(22)23-6-9)27-18(19,20)21/h3,6-8,11-12,15H,4-5H2,1-2H3,(H2,22,23)/t11-,12+,15?. The van der Waals surface area contributed by atoms with Crippen LogP contribution in [-0.2, 0) is 4.79 Å². The summed E-state index contributed by atoms with van der Waals surface area (Å²) in [6, 6.07) is 1.43. The highest BCUT2D eigenvalue weighted by molar-refractivity contribution is 5.83. The van der Waals surface area contributed by atoms with E-state index in [-0.39, 0.29) is 17.8 Å². The van der Waals surface area contributed by atoms with Crippen LogP contribution in [-0.4, -0.2) is 26.7 Å². The van der Waals surface area contributed by atoms with Crippen molar-refractivity contribution in [3.8, 4) is 17.0 Å². The van der Waals surface area contributed by atoms with E-state index < -0.39 is 12.1 Å². The van der Waals surface area contributed by atoms with Crippen molar-refractivity contribution in [2.24, 2.45) is 11.8 Å². The van der Waals surface area contributed by atoms with E-state index in [9.17, 15) is 18.0 Å². The van der Waals surface area contributed by atoms with Crippen LogP contribution in [0.1, 0.15) is 44.5 Å². The van der Waals surface area contributed by atoms with Crippen LogP contribution >= 0.6 is 0 Å². The molecule has 0 aliphatic heterocycles. The van der Waals surface area contributed by atoms with Gasteiger partial charge in [0.1, 0.15) is 11.6 Å². The number of anilines is 1. The van der Waals surface area contributed by atoms with Crippen molar-refractivity contribution in [2.75, 3.05) is 5.73 Å². The molecule has 2 aromatic rings. The summed E-state index contributed by atoms with van der Waals surface area (Å²) in [5.74, 6) is 1.06. The molecule has 4 rings (SSSR count). The largest absolute Gasteiger partial charge is 0.573 e. The van der Waals surface area contributed by atoms with E-state index in [2.05, 4.69) is 19.3 Å². The maximum Gasteiger partial charge on any atom is 0.573 e. The zero-order chi connectivity index (χ0) is 19.5. The molecule has 0 aromatic carbocycles. The number of halogens is 3. The minimum atomic E-state index is -4.85. The number of pyridine rings is 1. The number of aromatic nitrogens is 3. The van der Waals surface area contributed by atoms with Crippen molar-refractivity contribution in [1.29, 1.82) is 0 Å². The number of imidazole rings is 1. The number of nitrogens with two attached hydrogens (primary N) is 1. The molecule has 0 bridgehead atoms. The highest BCUT2D eigenvalue weighted by Crippen LogP contribution is 2.60. The van der Waals surface area contributed by atoms with Crippen LogP contribution in [0, 0.1) is 11.8 Å². The summed E-state index contributed by atoms with van der Waals surface area (Å²) >= 11 is 0. The summed E-state index contributed by atoms with van der Waals surface area (Å²) in [6.45, 7) is 4.01. The molecule has 6 nitrogen and oxygen atoms in total. The van der Waals surface area contributed by atoms with E-state index in [1.54, 1.807) is 0 Å². The van der Waals surface area contributed by atoms with E-state index in [1.807, 2.05) is 20.0 Å². The Morgan fingerprint density at radius 3 is 2.56 bits per heavy atom. The second-order valence-electron chi connectivity index (χ2n) is 7.47. The number of hydrogen-bond donors (Lipinski definition) is 1. The zero-order valence-corrected chi connectivity index (χ0v) is 14.8. The number of nitrogen functional groups attached to an aromatic ring is 1. The third-order valence-corrected chi connectivity index (χ3v) is 5.21. The molecule has 3 atom stereocenters. The van der Waals surface area contributed by atoms with Gasteiger partial charge < -0.3 is 15.0 Å². The van der Waals surface area contributed by atoms with Crippen molar-refractivity contribution in [2.45, 2.75) is 45.0 Å². The van der Waals surface area contributed by atoms with Crippen molar-refractivity contribution < 1.29 is 22.7 Å². The lowest BCUT2D eigenvalue weighted by Gasteiger charge is -2.11. The molecule has 0 amide bonds. The molecule has 2 aromatic heterocycles. The maximum absolute atomic E-state index is 12.6. The highest BCUT2D eigenvalue weighted by Gasteiger charge is 2.57. The van der Waals surface area contributed by atoms with Crippen LogP contribution in [0.4, 0.5) is 19.0 Å². The molecule has 27 heavy (non-hydrogen) atoms. The number of hydrogen-bond acceptors (Lipinski definition) is 5. The minimum absolute atomic E-state index is 0.128. The van der Waals surface area contributed by atoms with Crippen LogP contribution in [0.25, 0.3) is 11.3 Å². The molecular formula is C18H19F3N4O2. The summed E-state index contributed by atoms with van der Waals surface area (Å²) in [5.41, 5.74) is 6.40. The first-order valence-electron chi connectivity index (χ1n) is 8.76. The van der Waals surface area contributed by atoms with Gasteiger partial charge in [-0.3, -0.25) is 4.79 Å². The van der Waals surface area contributed by atoms with Crippen molar-refractivity contribution in [3.05, 3.63) is 24.3 Å². The predicted molar refractivity (Wildman–Crippen MR) is 90.9 cm³/mol. The Kier molecular flexibility index (Phi) is 3.94. The van der Waals surface area contributed by atoms with Gasteiger partial charge >= 0.3 is 6.36 Å². The second kappa shape index (κ2) is 5.97. The number of ether oxygens (including phenoxy) is 1. The molecule has 144 valence electrons. The third kappa shape index (κ3) is 3.26. The Balaban J connectivity index is 1.68. The highest BCUT2D eigenvalue weighted by atomic mass is 19.4. The Bertz CT molecular complexity index is 892. The van der Waals surface area contributed by atoms with Crippen LogP contribution in [0.2, 0.25) is 0 Å². The lowest BCUT2D eigenvalue weighted by atomic mass is 10.2. The second-order valence-corrected chi connectivity index (χ2v) is 7.47. The summed E-state index contributed by atoms with van der Waals surface area (Å²) in [5, 5.41) is 0. The number of alkyl halides is 3. The fraction of sp³-hybridized carbons (Fsp3) is 0.500. The first-order chi connectivity index (χ1) is 12.6. The predicted octanol–water partition coefficient (Wildman–Crippen LogP) is 3.70. The molecule has 0 radical (unpaired) electrons. The Labute approximate surface area is 153 Å². The lowest BCUT2D eigenvalue weighted by Crippen LogP contribution is -2.18. The van der Waals surface area contributed by atoms with E-state index >= 15 is 0 Å². The number of Topliss-reactive ketones (excluding diaryl/α,β-unsaturated/α-hetero) is 1. The van der Waals surface area contributed by atoms with Gasteiger partial charge in [-0.25, -0.2) is 9.97 Å². The van der Waals surface area contributed by atoms with E-state index in [1.165, 1.54) is 12.3 Å². The third-order valence-electron chi connectivity index (χ3n) is 5.21. The van der Waals surface area contributed by atoms with Gasteiger partial charge in [-0.1, -0.05) is 13.8 Å². The fourth-order valence-corrected chi connectivity index (χ4v) is 4.01. The Hall–Kier alpha value is -2.58. The topological polar surface area (TPSA) is 83.0 Å². The number of ketones is 1. The van der Waals surface area contributed by atoms with E-state index in [4.69, 9.17) is 5.73 Å². The molecule has 2 heterocycles. The van der Waals surface area contributed by atoms with Crippen LogP contribution in [0.5, 0.6) is 5.75 Å². The van der Waals surface area contributed by atoms with Crippen LogP contribution < -0.4 is 10.5 Å². The van der Waals surface area contributed by atoms with Crippen LogP contribution in [0.15, 0.2) is 18.5 Å². The first-order valence-corrected chi connectivity index (χ1v) is 8.76. The number of carbonyl (C=O) groups is 1. The SMILES string of the molecule is CC(C)c1nc(-c2cnc(N)c(OC(F)(F)F)c2)cn1C1[C@H]2CC(=O)C[C@@H]12. The van der Waals surface area contributed by atoms with Gasteiger partial charge in [-0.2, -0.15) is 0 Å². The average Bonchev–Trinajstić information content (AvgIpc) is 2.94. The Morgan fingerprint density at radius 1 is 1.30 bits per heavy atom. The summed E-state index contributed by atoms with van der Waals surface area (Å²) in [4.78, 5) is 20.0. The normalized spacial score (nSPS) is 24.4. The van der Waals surface area contributed by atoms with Gasteiger partial charge in [0.05, 0.1) is 5.69 Å². The molecule has 2 fully saturated rings. The number of fused-ring (bicyclic) bond motifs is 1. The summed E-state index contributed by atoms with van der Waals surface area (Å²) in [6.07, 6.45) is -0.463. The summed E-state index contributed by atoms with van der Waals surface area (Å²) < 4.78 is 43.7. The minimum Gasteiger partial charge on any atom is -0.402 e. The molecule has 0 spiro atoms. The van der Waals surface area contributed by atoms with Gasteiger partial charge in [-0.05, 0) is 17.9 Å². The Morgan fingerprint density at radius 2 is 1.96 bits per heavy atom.